The van der Waals surface area contributed by atoms with Crippen molar-refractivity contribution in [1.29, 1.82) is 0 Å². The van der Waals surface area contributed by atoms with Crippen LogP contribution in [0.2, 0.25) is 5.02 Å². The van der Waals surface area contributed by atoms with Crippen molar-refractivity contribution in [3.8, 4) is 0 Å². The van der Waals surface area contributed by atoms with Crippen LogP contribution < -0.4 is 5.32 Å². The molecule has 0 spiro atoms. The molecule has 6 heteroatoms. The molecule has 0 aliphatic heterocycles. The average Bonchev–Trinajstić information content (AvgIpc) is 2.62. The van der Waals surface area contributed by atoms with Gasteiger partial charge in [0.15, 0.2) is 0 Å². The first kappa shape index (κ1) is 20.3. The number of amides is 2. The highest BCUT2D eigenvalue weighted by atomic mass is 35.5. The average molecular weight is 391 g/mol. The Bertz CT molecular complexity index is 750. The van der Waals surface area contributed by atoms with E-state index in [2.05, 4.69) is 5.32 Å². The molecule has 0 aliphatic rings. The Hall–Kier alpha value is -1.98. The fourth-order valence-corrected chi connectivity index (χ4v) is 3.33. The number of nitrogens with one attached hydrogen (secondary N) is 1. The van der Waals surface area contributed by atoms with Gasteiger partial charge in [0.2, 0.25) is 11.8 Å². The minimum Gasteiger partial charge on any atom is -0.333 e. The smallest absolute Gasteiger partial charge is 0.244 e. The van der Waals surface area contributed by atoms with Crippen LogP contribution in [-0.2, 0) is 9.59 Å². The van der Waals surface area contributed by atoms with E-state index in [0.717, 1.165) is 22.6 Å². The van der Waals surface area contributed by atoms with E-state index >= 15 is 0 Å². The third-order valence-corrected chi connectivity index (χ3v) is 5.02. The summed E-state index contributed by atoms with van der Waals surface area (Å²) in [6.45, 7) is 4.54. The molecule has 0 unspecified atom stereocenters. The molecule has 1 N–H and O–H groups in total. The molecule has 0 heterocycles. The highest BCUT2D eigenvalue weighted by molar-refractivity contribution is 8.00. The number of carbonyl (C=O) groups excluding carboxylic acids is 2. The second-order valence-electron chi connectivity index (χ2n) is 5.92. The van der Waals surface area contributed by atoms with Crippen LogP contribution in [0, 0.1) is 6.92 Å². The van der Waals surface area contributed by atoms with Gasteiger partial charge >= 0.3 is 0 Å². The number of carbonyl (C=O) groups is 2. The van der Waals surface area contributed by atoms with Crippen molar-refractivity contribution in [1.82, 2.24) is 4.90 Å². The minimum atomic E-state index is -0.183. The summed E-state index contributed by atoms with van der Waals surface area (Å²) in [5.41, 5.74) is 1.77. The second kappa shape index (κ2) is 10.2. The number of hydrogen-bond donors (Lipinski definition) is 1. The number of anilines is 1. The van der Waals surface area contributed by atoms with Crippen LogP contribution >= 0.6 is 23.4 Å². The summed E-state index contributed by atoms with van der Waals surface area (Å²) in [6.07, 6.45) is 0.801. The van der Waals surface area contributed by atoms with Gasteiger partial charge in [0.25, 0.3) is 0 Å². The van der Waals surface area contributed by atoms with E-state index in [1.807, 2.05) is 50.2 Å². The first-order chi connectivity index (χ1) is 12.5. The van der Waals surface area contributed by atoms with Gasteiger partial charge in [0.1, 0.15) is 0 Å². The van der Waals surface area contributed by atoms with Gasteiger partial charge < -0.3 is 10.2 Å². The number of nitrogens with zero attached hydrogens (tertiary/aromatic N) is 1. The van der Waals surface area contributed by atoms with Crippen molar-refractivity contribution in [2.24, 2.45) is 0 Å². The fraction of sp³-hybridized carbons (Fsp3) is 0.300. The van der Waals surface area contributed by atoms with E-state index in [1.54, 1.807) is 17.0 Å². The zero-order valence-electron chi connectivity index (χ0n) is 15.0. The molecular formula is C20H23ClN2O2S. The molecule has 0 saturated heterocycles. The predicted octanol–water partition coefficient (Wildman–Crippen LogP) is 4.62. The summed E-state index contributed by atoms with van der Waals surface area (Å²) in [5, 5.41) is 3.55. The van der Waals surface area contributed by atoms with Crippen LogP contribution in [-0.4, -0.2) is 35.6 Å². The molecule has 0 saturated carbocycles. The highest BCUT2D eigenvalue weighted by Crippen LogP contribution is 2.21. The Labute approximate surface area is 163 Å². The summed E-state index contributed by atoms with van der Waals surface area (Å²) in [5.74, 6) is 0.0588. The van der Waals surface area contributed by atoms with Gasteiger partial charge in [-0.05, 0) is 49.2 Å². The first-order valence-corrected chi connectivity index (χ1v) is 9.87. The van der Waals surface area contributed by atoms with Crippen LogP contribution in [0.4, 0.5) is 5.69 Å². The SMILES string of the molecule is CCCN(CC(=O)Nc1ccccc1C)C(=O)CSc1ccc(Cl)cc1. The Kier molecular flexibility index (Phi) is 8.01. The number of halogens is 1. The Morgan fingerprint density at radius 3 is 2.46 bits per heavy atom. The maximum absolute atomic E-state index is 12.5. The molecule has 0 aliphatic carbocycles. The number of thioether (sulfide) groups is 1. The lowest BCUT2D eigenvalue weighted by Gasteiger charge is -2.21. The number of rotatable bonds is 8. The molecular weight excluding hydrogens is 368 g/mol. The second-order valence-corrected chi connectivity index (χ2v) is 7.41. The lowest BCUT2D eigenvalue weighted by Crippen LogP contribution is -2.39. The molecule has 0 radical (unpaired) electrons. The van der Waals surface area contributed by atoms with E-state index in [-0.39, 0.29) is 18.4 Å². The van der Waals surface area contributed by atoms with E-state index in [0.29, 0.717) is 17.3 Å². The van der Waals surface area contributed by atoms with Gasteiger partial charge in [-0.2, -0.15) is 0 Å². The molecule has 2 aromatic carbocycles. The predicted molar refractivity (Wildman–Crippen MR) is 109 cm³/mol. The number of hydrogen-bond acceptors (Lipinski definition) is 3. The van der Waals surface area contributed by atoms with Crippen LogP contribution in [0.25, 0.3) is 0 Å². The van der Waals surface area contributed by atoms with Crippen LogP contribution in [0.5, 0.6) is 0 Å². The standard InChI is InChI=1S/C20H23ClN2O2S/c1-3-12-23(13-19(24)22-18-7-5-4-6-15(18)2)20(25)14-26-17-10-8-16(21)9-11-17/h4-11H,3,12-14H2,1-2H3,(H,22,24). The Balaban J connectivity index is 1.91. The summed E-state index contributed by atoms with van der Waals surface area (Å²) in [7, 11) is 0. The lowest BCUT2D eigenvalue weighted by molar-refractivity contribution is -0.132. The molecule has 2 amide bonds. The van der Waals surface area contributed by atoms with Crippen molar-refractivity contribution in [2.45, 2.75) is 25.2 Å². The summed E-state index contributed by atoms with van der Waals surface area (Å²) < 4.78 is 0. The van der Waals surface area contributed by atoms with E-state index in [9.17, 15) is 9.59 Å². The van der Waals surface area contributed by atoms with Crippen molar-refractivity contribution in [3.05, 3.63) is 59.1 Å². The van der Waals surface area contributed by atoms with E-state index < -0.39 is 0 Å². The first-order valence-electron chi connectivity index (χ1n) is 8.51. The fourth-order valence-electron chi connectivity index (χ4n) is 2.41. The minimum absolute atomic E-state index is 0.0493. The van der Waals surface area contributed by atoms with Crippen molar-refractivity contribution in [3.63, 3.8) is 0 Å². The van der Waals surface area contributed by atoms with Crippen molar-refractivity contribution in [2.75, 3.05) is 24.2 Å². The molecule has 138 valence electrons. The third kappa shape index (κ3) is 6.39. The Morgan fingerprint density at radius 1 is 1.12 bits per heavy atom. The highest BCUT2D eigenvalue weighted by Gasteiger charge is 2.17. The Morgan fingerprint density at radius 2 is 1.81 bits per heavy atom. The summed E-state index contributed by atoms with van der Waals surface area (Å²) in [6, 6.07) is 15.0. The largest absolute Gasteiger partial charge is 0.333 e. The van der Waals surface area contributed by atoms with Gasteiger partial charge in [0.05, 0.1) is 12.3 Å². The normalized spacial score (nSPS) is 10.4. The van der Waals surface area contributed by atoms with E-state index in [4.69, 9.17) is 11.6 Å². The molecule has 2 aromatic rings. The molecule has 0 bridgehead atoms. The van der Waals surface area contributed by atoms with E-state index in [1.165, 1.54) is 11.8 Å². The molecule has 26 heavy (non-hydrogen) atoms. The molecule has 4 nitrogen and oxygen atoms in total. The monoisotopic (exact) mass is 390 g/mol. The number of benzene rings is 2. The maximum Gasteiger partial charge on any atom is 0.244 e. The van der Waals surface area contributed by atoms with Gasteiger partial charge in [-0.25, -0.2) is 0 Å². The van der Waals surface area contributed by atoms with Gasteiger partial charge in [-0.3, -0.25) is 9.59 Å². The lowest BCUT2D eigenvalue weighted by atomic mass is 10.2. The topological polar surface area (TPSA) is 49.4 Å². The molecule has 2 rings (SSSR count). The summed E-state index contributed by atoms with van der Waals surface area (Å²) >= 11 is 7.32. The molecule has 0 fully saturated rings. The number of aryl methyl sites for hydroxylation is 1. The zero-order chi connectivity index (χ0) is 18.9. The molecule has 0 aromatic heterocycles. The van der Waals surface area contributed by atoms with Crippen molar-refractivity contribution < 1.29 is 9.59 Å². The zero-order valence-corrected chi connectivity index (χ0v) is 16.6. The van der Waals surface area contributed by atoms with Gasteiger partial charge in [-0.1, -0.05) is 36.7 Å². The summed E-state index contributed by atoms with van der Waals surface area (Å²) in [4.78, 5) is 27.5. The van der Waals surface area contributed by atoms with Crippen LogP contribution in [0.3, 0.4) is 0 Å². The van der Waals surface area contributed by atoms with Gasteiger partial charge in [0, 0.05) is 22.2 Å². The quantitative estimate of drug-likeness (QED) is 0.669. The number of para-hydroxylation sites is 1. The van der Waals surface area contributed by atoms with Crippen LogP contribution in [0.15, 0.2) is 53.4 Å². The third-order valence-electron chi connectivity index (χ3n) is 3.78. The molecule has 0 atom stereocenters. The van der Waals surface area contributed by atoms with Crippen LogP contribution in [0.1, 0.15) is 18.9 Å². The van der Waals surface area contributed by atoms with Crippen molar-refractivity contribution >= 4 is 40.9 Å². The van der Waals surface area contributed by atoms with Gasteiger partial charge in [-0.15, -0.1) is 11.8 Å². The maximum atomic E-state index is 12.5.